The normalized spacial score (nSPS) is 15.0. The van der Waals surface area contributed by atoms with E-state index in [1.165, 1.54) is 18.3 Å². The minimum absolute atomic E-state index is 0.610. The van der Waals surface area contributed by atoms with Gasteiger partial charge in [0.2, 0.25) is 0 Å². The summed E-state index contributed by atoms with van der Waals surface area (Å²) in [4.78, 5) is 0. The van der Waals surface area contributed by atoms with Crippen LogP contribution in [0.4, 0.5) is 0 Å². The fraction of sp³-hybridized carbons (Fsp3) is 1.00. The lowest BCUT2D eigenvalue weighted by molar-refractivity contribution is 0.906. The maximum atomic E-state index is 5.54. The van der Waals surface area contributed by atoms with E-state index in [4.69, 9.17) is 11.2 Å². The van der Waals surface area contributed by atoms with Crippen LogP contribution in [0.2, 0.25) is 0 Å². The molecular formula is C6H14ClPS. The van der Waals surface area contributed by atoms with E-state index in [0.717, 1.165) is 5.25 Å². The predicted molar refractivity (Wildman–Crippen MR) is 51.2 cm³/mol. The summed E-state index contributed by atoms with van der Waals surface area (Å²) in [6.07, 6.45) is 2.45. The Hall–Kier alpha value is 1.07. The fourth-order valence-electron chi connectivity index (χ4n) is 0.417. The Morgan fingerprint density at radius 1 is 1.67 bits per heavy atom. The van der Waals surface area contributed by atoms with Crippen LogP contribution in [0.5, 0.6) is 0 Å². The molecule has 0 bridgehead atoms. The van der Waals surface area contributed by atoms with Gasteiger partial charge in [-0.15, -0.1) is 11.2 Å². The van der Waals surface area contributed by atoms with Crippen molar-refractivity contribution in [2.24, 2.45) is 0 Å². The number of halogens is 1. The first-order valence-corrected chi connectivity index (χ1v) is 6.53. The first-order valence-electron chi connectivity index (χ1n) is 3.26. The van der Waals surface area contributed by atoms with Crippen molar-refractivity contribution in [1.29, 1.82) is 0 Å². The summed E-state index contributed by atoms with van der Waals surface area (Å²) in [5, 5.41) is 0.818. The van der Waals surface area contributed by atoms with Crippen LogP contribution in [0.1, 0.15) is 20.3 Å². The van der Waals surface area contributed by atoms with Gasteiger partial charge in [-0.25, -0.2) is 0 Å². The van der Waals surface area contributed by atoms with Crippen molar-refractivity contribution < 1.29 is 0 Å². The molecule has 0 spiro atoms. The monoisotopic (exact) mass is 184 g/mol. The Morgan fingerprint density at radius 2 is 2.33 bits per heavy atom. The minimum Gasteiger partial charge on any atom is -0.158 e. The molecular weight excluding hydrogens is 171 g/mol. The summed E-state index contributed by atoms with van der Waals surface area (Å²) in [6, 6.07) is 0. The van der Waals surface area contributed by atoms with Gasteiger partial charge in [-0.3, -0.25) is 0 Å². The van der Waals surface area contributed by atoms with Crippen LogP contribution in [-0.4, -0.2) is 17.2 Å². The van der Waals surface area contributed by atoms with Crippen molar-refractivity contribution in [2.75, 3.05) is 11.9 Å². The molecule has 0 aliphatic heterocycles. The Bertz CT molecular complexity index is 61.0. The molecule has 9 heavy (non-hydrogen) atoms. The second-order valence-electron chi connectivity index (χ2n) is 1.97. The van der Waals surface area contributed by atoms with Crippen molar-refractivity contribution in [1.82, 2.24) is 0 Å². The lowest BCUT2D eigenvalue weighted by Crippen LogP contribution is -1.94. The minimum atomic E-state index is 0.610. The van der Waals surface area contributed by atoms with E-state index < -0.39 is 0 Å². The Kier molecular flexibility index (Phi) is 8.03. The van der Waals surface area contributed by atoms with Gasteiger partial charge < -0.3 is 0 Å². The van der Waals surface area contributed by atoms with Crippen molar-refractivity contribution in [3.05, 3.63) is 0 Å². The van der Waals surface area contributed by atoms with Crippen LogP contribution in [0.25, 0.3) is 0 Å². The zero-order chi connectivity index (χ0) is 7.11. The summed E-state index contributed by atoms with van der Waals surface area (Å²) < 4.78 is 0. The van der Waals surface area contributed by atoms with E-state index in [1.54, 1.807) is 0 Å². The summed E-state index contributed by atoms with van der Waals surface area (Å²) >= 11 is 7.57. The van der Waals surface area contributed by atoms with Crippen LogP contribution in [-0.2, 0) is 0 Å². The Balaban J connectivity index is 2.88. The lowest BCUT2D eigenvalue weighted by atomic mass is 10.4. The number of rotatable bonds is 5. The maximum Gasteiger partial charge on any atom is 0.00162 e. The highest BCUT2D eigenvalue weighted by Gasteiger charge is 1.96. The van der Waals surface area contributed by atoms with E-state index in [2.05, 4.69) is 13.8 Å². The van der Waals surface area contributed by atoms with Gasteiger partial charge in [-0.05, 0) is 26.3 Å². The van der Waals surface area contributed by atoms with E-state index >= 15 is 0 Å². The van der Waals surface area contributed by atoms with Crippen LogP contribution < -0.4 is 0 Å². The smallest absolute Gasteiger partial charge is 0.00162 e. The quantitative estimate of drug-likeness (QED) is 0.467. The van der Waals surface area contributed by atoms with Gasteiger partial charge in [-0.2, -0.15) is 11.8 Å². The van der Waals surface area contributed by atoms with Crippen molar-refractivity contribution >= 4 is 30.9 Å². The maximum absolute atomic E-state index is 5.54. The molecule has 0 aromatic carbocycles. The molecule has 0 rings (SSSR count). The van der Waals surface area contributed by atoms with Crippen molar-refractivity contribution in [3.8, 4) is 0 Å². The number of hydrogen-bond acceptors (Lipinski definition) is 1. The lowest BCUT2D eigenvalue weighted by Gasteiger charge is -2.05. The second-order valence-corrected chi connectivity index (χ2v) is 5.09. The summed E-state index contributed by atoms with van der Waals surface area (Å²) in [6.45, 7) is 4.49. The number of thioether (sulfide) groups is 1. The van der Waals surface area contributed by atoms with E-state index in [-0.39, 0.29) is 0 Å². The van der Waals surface area contributed by atoms with Crippen LogP contribution >= 0.6 is 30.9 Å². The molecule has 0 amide bonds. The van der Waals surface area contributed by atoms with Gasteiger partial charge in [0.1, 0.15) is 0 Å². The molecule has 56 valence electrons. The topological polar surface area (TPSA) is 0 Å². The van der Waals surface area contributed by atoms with Gasteiger partial charge in [-0.1, -0.05) is 13.8 Å². The third kappa shape index (κ3) is 6.96. The van der Waals surface area contributed by atoms with Crippen LogP contribution in [0, 0.1) is 0 Å². The second kappa shape index (κ2) is 7.18. The highest BCUT2D eigenvalue weighted by atomic mass is 35.7. The highest BCUT2D eigenvalue weighted by molar-refractivity contribution is 8.00. The molecule has 0 nitrogen and oxygen atoms in total. The fourth-order valence-corrected chi connectivity index (χ4v) is 2.53. The van der Waals surface area contributed by atoms with Crippen molar-refractivity contribution in [2.45, 2.75) is 25.5 Å². The first kappa shape index (κ1) is 10.1. The Morgan fingerprint density at radius 3 is 2.78 bits per heavy atom. The third-order valence-electron chi connectivity index (χ3n) is 1.17. The molecule has 0 N–H and O–H groups in total. The molecule has 0 aliphatic carbocycles. The standard InChI is InChI=1S/C6H14ClPS/c1-3-6(2)9-5-4-8-7/h6,8H,3-5H2,1-2H3. The predicted octanol–water partition coefficient (Wildman–Crippen LogP) is 3.35. The number of hydrogen-bond donors (Lipinski definition) is 0. The summed E-state index contributed by atoms with van der Waals surface area (Å²) in [5.41, 5.74) is 0. The van der Waals surface area contributed by atoms with Gasteiger partial charge in [0.15, 0.2) is 0 Å². The SMILES string of the molecule is CCC(C)SCCPCl. The average molecular weight is 185 g/mol. The van der Waals surface area contributed by atoms with E-state index in [1.807, 2.05) is 11.8 Å². The summed E-state index contributed by atoms with van der Waals surface area (Å²) in [7, 11) is 0.610. The average Bonchev–Trinajstić information content (AvgIpc) is 1.89. The molecule has 2 unspecified atom stereocenters. The third-order valence-corrected chi connectivity index (χ3v) is 3.88. The van der Waals surface area contributed by atoms with Crippen LogP contribution in [0.3, 0.4) is 0 Å². The highest BCUT2D eigenvalue weighted by Crippen LogP contribution is 2.20. The molecule has 3 heteroatoms. The van der Waals surface area contributed by atoms with Crippen molar-refractivity contribution in [3.63, 3.8) is 0 Å². The van der Waals surface area contributed by atoms with Crippen LogP contribution in [0.15, 0.2) is 0 Å². The molecule has 0 heterocycles. The van der Waals surface area contributed by atoms with Gasteiger partial charge >= 0.3 is 0 Å². The molecule has 0 aromatic rings. The molecule has 2 atom stereocenters. The van der Waals surface area contributed by atoms with Gasteiger partial charge in [0.25, 0.3) is 0 Å². The first-order chi connectivity index (χ1) is 4.31. The molecule has 0 fully saturated rings. The van der Waals surface area contributed by atoms with E-state index in [0.29, 0.717) is 7.93 Å². The molecule has 0 aliphatic rings. The van der Waals surface area contributed by atoms with Gasteiger partial charge in [0.05, 0.1) is 0 Å². The van der Waals surface area contributed by atoms with E-state index in [9.17, 15) is 0 Å². The molecule has 0 saturated carbocycles. The molecule has 0 aromatic heterocycles. The van der Waals surface area contributed by atoms with Gasteiger partial charge in [0, 0.05) is 5.25 Å². The zero-order valence-corrected chi connectivity index (χ0v) is 8.56. The molecule has 0 radical (unpaired) electrons. The zero-order valence-electron chi connectivity index (χ0n) is 5.98. The molecule has 0 saturated heterocycles. The Labute approximate surface area is 68.7 Å². The summed E-state index contributed by atoms with van der Waals surface area (Å²) in [5.74, 6) is 1.23. The largest absolute Gasteiger partial charge is 0.158 e.